The predicted molar refractivity (Wildman–Crippen MR) is 161 cm³/mol. The number of anilines is 1. The number of nitrogens with one attached hydrogen (secondary N) is 1. The summed E-state index contributed by atoms with van der Waals surface area (Å²) in [5, 5.41) is 19.5. The number of carbonyl (C=O) groups excluding carboxylic acids is 2. The van der Waals surface area contributed by atoms with Crippen LogP contribution in [0.5, 0.6) is 11.5 Å². The number of thiazole rings is 2. The molecule has 4 N–H and O–H groups in total. The van der Waals surface area contributed by atoms with E-state index in [-0.39, 0.29) is 22.2 Å². The molecule has 2 aliphatic heterocycles. The molecule has 0 radical (unpaired) electrons. The molecule has 13 nitrogen and oxygen atoms in total. The Morgan fingerprint density at radius 1 is 1.19 bits per heavy atom. The average Bonchev–Trinajstić information content (AvgIpc) is 3.65. The first-order valence-electron chi connectivity index (χ1n) is 12.1. The molecule has 3 aromatic rings. The highest BCUT2D eigenvalue weighted by Gasteiger charge is 2.54. The van der Waals surface area contributed by atoms with E-state index in [2.05, 4.69) is 20.4 Å². The van der Waals surface area contributed by atoms with E-state index >= 15 is 0 Å². The highest BCUT2D eigenvalue weighted by Crippen LogP contribution is 2.42. The van der Waals surface area contributed by atoms with Crippen LogP contribution in [-0.4, -0.2) is 87.7 Å². The molecule has 220 valence electrons. The zero-order valence-corrected chi connectivity index (χ0v) is 25.6. The number of nitrogens with zero attached hydrogens (tertiary/aromatic N) is 4. The first-order valence-corrected chi connectivity index (χ1v) is 15.9. The number of fused-ring (bicyclic) bond motifs is 1. The smallest absolute Gasteiger partial charge is 0.352 e. The lowest BCUT2D eigenvalue weighted by atomic mass is 10.0. The van der Waals surface area contributed by atoms with Crippen molar-refractivity contribution in [2.75, 3.05) is 38.6 Å². The number of methoxy groups -OCH3 is 2. The van der Waals surface area contributed by atoms with Crippen LogP contribution in [0.1, 0.15) is 5.69 Å². The van der Waals surface area contributed by atoms with Gasteiger partial charge in [0.05, 0.1) is 19.9 Å². The molecule has 1 fully saturated rings. The summed E-state index contributed by atoms with van der Waals surface area (Å²) in [5.41, 5.74) is 7.86. The van der Waals surface area contributed by atoms with Crippen LogP contribution in [0.4, 0.5) is 5.13 Å². The Bertz CT molecular complexity index is 1600. The molecule has 0 bridgehead atoms. The first kappa shape index (κ1) is 29.7. The van der Waals surface area contributed by atoms with Gasteiger partial charge in [0.1, 0.15) is 29.9 Å². The molecule has 4 heterocycles. The van der Waals surface area contributed by atoms with Gasteiger partial charge >= 0.3 is 5.97 Å². The third kappa shape index (κ3) is 5.77. The molecule has 2 amide bonds. The lowest BCUT2D eigenvalue weighted by Crippen LogP contribution is -2.71. The lowest BCUT2D eigenvalue weighted by Gasteiger charge is -2.49. The Hall–Kier alpha value is -3.80. The zero-order valence-electron chi connectivity index (χ0n) is 22.4. The number of carboxylic acids is 1. The number of β-lactam (4-membered cyclic amide) rings is 1. The van der Waals surface area contributed by atoms with Crippen LogP contribution in [0.15, 0.2) is 49.7 Å². The Morgan fingerprint density at radius 3 is 2.64 bits per heavy atom. The molecule has 0 spiro atoms. The minimum absolute atomic E-state index is 0.0727. The molecule has 5 rings (SSSR count). The fourth-order valence-electron chi connectivity index (χ4n) is 4.30. The van der Waals surface area contributed by atoms with Crippen molar-refractivity contribution in [2.24, 2.45) is 5.16 Å². The number of oxime groups is 1. The van der Waals surface area contributed by atoms with Crippen LogP contribution in [0.3, 0.4) is 0 Å². The highest BCUT2D eigenvalue weighted by atomic mass is 32.2. The van der Waals surface area contributed by atoms with Crippen LogP contribution in [0.25, 0.3) is 11.3 Å². The Balaban J connectivity index is 1.27. The van der Waals surface area contributed by atoms with E-state index in [4.69, 9.17) is 20.0 Å². The standard InChI is InChI=1S/C25H24N6O7S4/c1-36-15-5-4-11(6-16(15)37-2)13-9-42-25(28-13)41-8-12-7-39-22-18(21(33)31(22)19(12)23(34)35)29-20(32)17(30-38-3)14-10-40-24(26)27-14/h4-6,9-10,18,22H,7-8H2,1-3H3,(H2,26,27)(H,29,32)(H,34,35)/b30-17-/t18-,22-/m1/s1. The second-order valence-electron chi connectivity index (χ2n) is 8.67. The van der Waals surface area contributed by atoms with Gasteiger partial charge in [-0.1, -0.05) is 16.9 Å². The summed E-state index contributed by atoms with van der Waals surface area (Å²) in [7, 11) is 4.41. The number of nitrogens with two attached hydrogens (primary N) is 1. The second-order valence-corrected chi connectivity index (χ2v) is 12.7. The number of carboxylic acid groups (broad SMARTS) is 1. The Labute approximate surface area is 256 Å². The van der Waals surface area contributed by atoms with Crippen molar-refractivity contribution in [3.05, 3.63) is 45.9 Å². The van der Waals surface area contributed by atoms with E-state index in [9.17, 15) is 19.5 Å². The molecule has 0 unspecified atom stereocenters. The number of amides is 2. The van der Waals surface area contributed by atoms with Gasteiger partial charge < -0.3 is 30.5 Å². The topological polar surface area (TPSA) is 179 Å². The third-order valence-corrected chi connectivity index (χ3v) is 10.4. The van der Waals surface area contributed by atoms with Gasteiger partial charge in [-0.3, -0.25) is 14.5 Å². The molecule has 2 atom stereocenters. The van der Waals surface area contributed by atoms with E-state index in [1.54, 1.807) is 25.7 Å². The average molecular weight is 649 g/mol. The van der Waals surface area contributed by atoms with Crippen LogP contribution in [0.2, 0.25) is 0 Å². The minimum Gasteiger partial charge on any atom is -0.493 e. The van der Waals surface area contributed by atoms with Crippen molar-refractivity contribution in [3.63, 3.8) is 0 Å². The number of benzene rings is 1. The summed E-state index contributed by atoms with van der Waals surface area (Å²) in [4.78, 5) is 53.1. The van der Waals surface area contributed by atoms with Crippen LogP contribution >= 0.6 is 46.2 Å². The van der Waals surface area contributed by atoms with Crippen molar-refractivity contribution in [2.45, 2.75) is 15.8 Å². The number of aromatic nitrogens is 2. The van der Waals surface area contributed by atoms with Gasteiger partial charge in [-0.25, -0.2) is 14.8 Å². The molecule has 2 aliphatic rings. The van der Waals surface area contributed by atoms with Gasteiger partial charge in [-0.05, 0) is 23.8 Å². The summed E-state index contributed by atoms with van der Waals surface area (Å²) >= 11 is 5.33. The number of hydrogen-bond donors (Lipinski definition) is 3. The molecule has 1 aromatic carbocycles. The molecular weight excluding hydrogens is 625 g/mol. The largest absolute Gasteiger partial charge is 0.493 e. The maximum Gasteiger partial charge on any atom is 0.352 e. The van der Waals surface area contributed by atoms with Crippen LogP contribution in [0, 0.1) is 0 Å². The van der Waals surface area contributed by atoms with Gasteiger partial charge in [-0.2, -0.15) is 0 Å². The van der Waals surface area contributed by atoms with E-state index in [0.717, 1.165) is 26.9 Å². The fourth-order valence-corrected chi connectivity index (χ4v) is 8.16. The molecular formula is C25H24N6O7S4. The van der Waals surface area contributed by atoms with E-state index < -0.39 is 29.2 Å². The molecule has 17 heteroatoms. The van der Waals surface area contributed by atoms with Gasteiger partial charge in [0.15, 0.2) is 26.7 Å². The van der Waals surface area contributed by atoms with Crippen molar-refractivity contribution < 1.29 is 33.8 Å². The van der Waals surface area contributed by atoms with Crippen molar-refractivity contribution >= 4 is 74.8 Å². The lowest BCUT2D eigenvalue weighted by molar-refractivity contribution is -0.150. The van der Waals surface area contributed by atoms with Crippen molar-refractivity contribution in [3.8, 4) is 22.8 Å². The van der Waals surface area contributed by atoms with Gasteiger partial charge in [0.2, 0.25) is 0 Å². The normalized spacial score (nSPS) is 18.3. The SMILES string of the molecule is CO/N=C(\C(=O)N[C@@H]1C(=O)N2C(C(=O)O)=C(CSc3nc(-c4ccc(OC)c(OC)c4)cs3)CS[C@H]12)c1csc(N)n1. The summed E-state index contributed by atoms with van der Waals surface area (Å²) in [6.45, 7) is 0. The zero-order chi connectivity index (χ0) is 30.0. The summed E-state index contributed by atoms with van der Waals surface area (Å²) in [6.07, 6.45) is 0. The van der Waals surface area contributed by atoms with E-state index in [0.29, 0.717) is 28.6 Å². The number of hydrogen-bond acceptors (Lipinski definition) is 14. The first-order chi connectivity index (χ1) is 20.2. The third-order valence-electron chi connectivity index (χ3n) is 6.23. The molecule has 0 aliphatic carbocycles. The summed E-state index contributed by atoms with van der Waals surface area (Å²) in [6, 6.07) is 4.59. The maximum absolute atomic E-state index is 13.1. The van der Waals surface area contributed by atoms with Crippen LogP contribution in [-0.2, 0) is 19.2 Å². The number of nitrogen functional groups attached to an aromatic ring is 1. The van der Waals surface area contributed by atoms with Gasteiger partial charge in [-0.15, -0.1) is 34.4 Å². The van der Waals surface area contributed by atoms with Crippen LogP contribution < -0.4 is 20.5 Å². The molecule has 2 aromatic heterocycles. The molecule has 0 saturated carbocycles. The number of rotatable bonds is 11. The second kappa shape index (κ2) is 12.6. The number of ether oxygens (including phenoxy) is 2. The maximum atomic E-state index is 13.1. The van der Waals surface area contributed by atoms with Crippen molar-refractivity contribution in [1.29, 1.82) is 0 Å². The Morgan fingerprint density at radius 2 is 1.98 bits per heavy atom. The Kier molecular flexibility index (Phi) is 8.91. The van der Waals surface area contributed by atoms with E-state index in [1.807, 2.05) is 17.5 Å². The van der Waals surface area contributed by atoms with Gasteiger partial charge in [0.25, 0.3) is 11.8 Å². The van der Waals surface area contributed by atoms with E-state index in [1.165, 1.54) is 46.9 Å². The minimum atomic E-state index is -1.21. The molecule has 1 saturated heterocycles. The number of aliphatic carboxylic acids is 1. The summed E-state index contributed by atoms with van der Waals surface area (Å²) in [5.74, 6) is -0.522. The highest BCUT2D eigenvalue weighted by molar-refractivity contribution is 8.01. The predicted octanol–water partition coefficient (Wildman–Crippen LogP) is 2.75. The summed E-state index contributed by atoms with van der Waals surface area (Å²) < 4.78 is 11.4. The monoisotopic (exact) mass is 648 g/mol. The van der Waals surface area contributed by atoms with Gasteiger partial charge in [0, 0.05) is 27.8 Å². The fraction of sp³-hybridized carbons (Fsp3) is 0.280. The number of carbonyl (C=O) groups is 3. The molecule has 42 heavy (non-hydrogen) atoms. The van der Waals surface area contributed by atoms with Crippen molar-refractivity contribution in [1.82, 2.24) is 20.2 Å². The quantitative estimate of drug-likeness (QED) is 0.120. The number of thioether (sulfide) groups is 2.